The summed E-state index contributed by atoms with van der Waals surface area (Å²) in [7, 11) is 0. The Labute approximate surface area is 118 Å². The number of hydrogen-bond donors (Lipinski definition) is 3. The smallest absolute Gasteiger partial charge is 0.323 e. The van der Waals surface area contributed by atoms with E-state index < -0.39 is 17.7 Å². The van der Waals surface area contributed by atoms with Crippen molar-refractivity contribution in [2.45, 2.75) is 0 Å². The van der Waals surface area contributed by atoms with Crippen LogP contribution in [0.2, 0.25) is 5.02 Å². The molecular weight excluding hydrogens is 288 g/mol. The van der Waals surface area contributed by atoms with Gasteiger partial charge in [0.1, 0.15) is 11.6 Å². The van der Waals surface area contributed by atoms with E-state index in [-0.39, 0.29) is 10.7 Å². The fraction of sp³-hybridized carbons (Fsp3) is 0. The summed E-state index contributed by atoms with van der Waals surface area (Å²) in [6.45, 7) is 0. The van der Waals surface area contributed by atoms with Crippen LogP contribution in [0, 0.1) is 11.6 Å². The van der Waals surface area contributed by atoms with Crippen molar-refractivity contribution in [2.24, 2.45) is 0 Å². The van der Waals surface area contributed by atoms with Gasteiger partial charge >= 0.3 is 6.03 Å². The van der Waals surface area contributed by atoms with Gasteiger partial charge < -0.3 is 16.4 Å². The Morgan fingerprint density at radius 1 is 1.10 bits per heavy atom. The molecule has 0 heterocycles. The molecule has 2 aromatic rings. The maximum atomic E-state index is 13.3. The highest BCUT2D eigenvalue weighted by molar-refractivity contribution is 6.33. The summed E-state index contributed by atoms with van der Waals surface area (Å²) in [5.74, 6) is -1.59. The number of amides is 2. The lowest BCUT2D eigenvalue weighted by Crippen LogP contribution is -2.20. The van der Waals surface area contributed by atoms with Crippen LogP contribution in [0.25, 0.3) is 0 Å². The molecule has 2 rings (SSSR count). The number of nitrogens with two attached hydrogens (primary N) is 1. The average Bonchev–Trinajstić information content (AvgIpc) is 2.37. The molecule has 0 unspecified atom stereocenters. The molecule has 0 aliphatic carbocycles. The molecule has 0 aromatic heterocycles. The number of hydrogen-bond acceptors (Lipinski definition) is 2. The number of rotatable bonds is 2. The fourth-order valence-electron chi connectivity index (χ4n) is 1.48. The summed E-state index contributed by atoms with van der Waals surface area (Å²) in [4.78, 5) is 11.7. The van der Waals surface area contributed by atoms with Crippen molar-refractivity contribution in [3.05, 3.63) is 53.1 Å². The fourth-order valence-corrected chi connectivity index (χ4v) is 1.66. The first-order valence-electron chi connectivity index (χ1n) is 5.54. The summed E-state index contributed by atoms with van der Waals surface area (Å²) < 4.78 is 26.1. The Kier molecular flexibility index (Phi) is 4.05. The van der Waals surface area contributed by atoms with Crippen LogP contribution in [-0.2, 0) is 0 Å². The molecule has 104 valence electrons. The van der Waals surface area contributed by atoms with Crippen LogP contribution in [-0.4, -0.2) is 6.03 Å². The van der Waals surface area contributed by atoms with Crippen molar-refractivity contribution in [3.63, 3.8) is 0 Å². The van der Waals surface area contributed by atoms with E-state index in [9.17, 15) is 13.6 Å². The molecule has 2 amide bonds. The van der Waals surface area contributed by atoms with E-state index in [1.807, 2.05) is 0 Å². The van der Waals surface area contributed by atoms with Crippen molar-refractivity contribution < 1.29 is 13.6 Å². The second-order valence-corrected chi connectivity index (χ2v) is 4.35. The second-order valence-electron chi connectivity index (χ2n) is 3.94. The SMILES string of the molecule is Nc1ccc(NC(=O)Nc2ccc(F)cc2F)cc1Cl. The highest BCUT2D eigenvalue weighted by Crippen LogP contribution is 2.23. The van der Waals surface area contributed by atoms with Crippen molar-refractivity contribution in [1.29, 1.82) is 0 Å². The second kappa shape index (κ2) is 5.75. The summed E-state index contributed by atoms with van der Waals surface area (Å²) in [5, 5.41) is 4.99. The summed E-state index contributed by atoms with van der Waals surface area (Å²) in [6.07, 6.45) is 0. The van der Waals surface area contributed by atoms with Gasteiger partial charge in [0.05, 0.1) is 16.4 Å². The first-order valence-corrected chi connectivity index (χ1v) is 5.91. The van der Waals surface area contributed by atoms with Crippen molar-refractivity contribution in [3.8, 4) is 0 Å². The monoisotopic (exact) mass is 297 g/mol. The van der Waals surface area contributed by atoms with E-state index in [4.69, 9.17) is 17.3 Å². The van der Waals surface area contributed by atoms with Crippen LogP contribution >= 0.6 is 11.6 Å². The maximum Gasteiger partial charge on any atom is 0.323 e. The zero-order valence-electron chi connectivity index (χ0n) is 10.1. The zero-order valence-corrected chi connectivity index (χ0v) is 10.8. The Bertz CT molecular complexity index is 664. The number of carbonyl (C=O) groups is 1. The molecule has 4 nitrogen and oxygen atoms in total. The molecular formula is C13H10ClF2N3O. The summed E-state index contributed by atoms with van der Waals surface area (Å²) in [5.41, 5.74) is 6.17. The third kappa shape index (κ3) is 3.36. The minimum atomic E-state index is -0.865. The normalized spacial score (nSPS) is 10.2. The number of carbonyl (C=O) groups excluding carboxylic acids is 1. The van der Waals surface area contributed by atoms with Crippen molar-refractivity contribution >= 4 is 34.7 Å². The van der Waals surface area contributed by atoms with E-state index in [1.165, 1.54) is 12.1 Å². The number of halogens is 3. The molecule has 0 saturated carbocycles. The quantitative estimate of drug-likeness (QED) is 0.737. The van der Waals surface area contributed by atoms with E-state index in [0.29, 0.717) is 17.4 Å². The van der Waals surface area contributed by atoms with E-state index in [1.54, 1.807) is 6.07 Å². The third-order valence-electron chi connectivity index (χ3n) is 2.44. The molecule has 0 spiro atoms. The Balaban J connectivity index is 2.07. The number of nitrogens with one attached hydrogen (secondary N) is 2. The number of benzene rings is 2. The van der Waals surface area contributed by atoms with Crippen LogP contribution in [0.3, 0.4) is 0 Å². The first-order chi connectivity index (χ1) is 9.45. The predicted octanol–water partition coefficient (Wildman–Crippen LogP) is 3.84. The molecule has 0 aliphatic rings. The molecule has 20 heavy (non-hydrogen) atoms. The van der Waals surface area contributed by atoms with Gasteiger partial charge in [0.2, 0.25) is 0 Å². The van der Waals surface area contributed by atoms with Gasteiger partial charge in [-0.1, -0.05) is 11.6 Å². The molecule has 2 aromatic carbocycles. The lowest BCUT2D eigenvalue weighted by molar-refractivity contribution is 0.262. The Morgan fingerprint density at radius 3 is 2.50 bits per heavy atom. The van der Waals surface area contributed by atoms with Crippen LogP contribution in [0.15, 0.2) is 36.4 Å². The van der Waals surface area contributed by atoms with E-state index in [2.05, 4.69) is 10.6 Å². The molecule has 4 N–H and O–H groups in total. The van der Waals surface area contributed by atoms with Gasteiger partial charge in [-0.25, -0.2) is 13.6 Å². The Hall–Kier alpha value is -2.34. The number of urea groups is 1. The van der Waals surface area contributed by atoms with Gasteiger partial charge in [0.25, 0.3) is 0 Å². The van der Waals surface area contributed by atoms with Gasteiger partial charge in [-0.2, -0.15) is 0 Å². The molecule has 0 bridgehead atoms. The highest BCUT2D eigenvalue weighted by atomic mass is 35.5. The van der Waals surface area contributed by atoms with Crippen LogP contribution in [0.5, 0.6) is 0 Å². The Morgan fingerprint density at radius 2 is 1.85 bits per heavy atom. The number of nitrogen functional groups attached to an aromatic ring is 1. The van der Waals surface area contributed by atoms with Crippen LogP contribution in [0.4, 0.5) is 30.6 Å². The van der Waals surface area contributed by atoms with E-state index >= 15 is 0 Å². The average molecular weight is 298 g/mol. The molecule has 0 aliphatic heterocycles. The highest BCUT2D eigenvalue weighted by Gasteiger charge is 2.08. The summed E-state index contributed by atoms with van der Waals surface area (Å²) >= 11 is 5.80. The first kappa shape index (κ1) is 14.1. The lowest BCUT2D eigenvalue weighted by atomic mass is 10.3. The maximum absolute atomic E-state index is 13.3. The minimum Gasteiger partial charge on any atom is -0.398 e. The standard InChI is InChI=1S/C13H10ClF2N3O/c14-9-6-8(2-3-11(9)17)18-13(20)19-12-4-1-7(15)5-10(12)16/h1-6H,17H2,(H2,18,19,20). The van der Waals surface area contributed by atoms with Crippen molar-refractivity contribution in [1.82, 2.24) is 0 Å². The van der Waals surface area contributed by atoms with Crippen LogP contribution in [0.1, 0.15) is 0 Å². The minimum absolute atomic E-state index is 0.134. The molecule has 0 saturated heterocycles. The largest absolute Gasteiger partial charge is 0.398 e. The van der Waals surface area contributed by atoms with E-state index in [0.717, 1.165) is 12.1 Å². The zero-order chi connectivity index (χ0) is 14.7. The van der Waals surface area contributed by atoms with Gasteiger partial charge in [-0.3, -0.25) is 0 Å². The van der Waals surface area contributed by atoms with Gasteiger partial charge in [-0.05, 0) is 30.3 Å². The van der Waals surface area contributed by atoms with Gasteiger partial charge in [0, 0.05) is 11.8 Å². The van der Waals surface area contributed by atoms with Gasteiger partial charge in [0.15, 0.2) is 0 Å². The molecule has 0 atom stereocenters. The molecule has 0 fully saturated rings. The topological polar surface area (TPSA) is 67.1 Å². The summed E-state index contributed by atoms with van der Waals surface area (Å²) in [6, 6.07) is 6.68. The predicted molar refractivity (Wildman–Crippen MR) is 74.9 cm³/mol. The molecule has 0 radical (unpaired) electrons. The number of anilines is 3. The van der Waals surface area contributed by atoms with Gasteiger partial charge in [-0.15, -0.1) is 0 Å². The van der Waals surface area contributed by atoms with Crippen LogP contribution < -0.4 is 16.4 Å². The van der Waals surface area contributed by atoms with Crippen molar-refractivity contribution in [2.75, 3.05) is 16.4 Å². The molecule has 7 heteroatoms. The lowest BCUT2D eigenvalue weighted by Gasteiger charge is -2.09. The third-order valence-corrected chi connectivity index (χ3v) is 2.76.